The molecule has 0 spiro atoms. The first-order valence-corrected chi connectivity index (χ1v) is 10.1. The fourth-order valence-electron chi connectivity index (χ4n) is 2.89. The predicted molar refractivity (Wildman–Crippen MR) is 118 cm³/mol. The van der Waals surface area contributed by atoms with Crippen LogP contribution in [0.25, 0.3) is 6.08 Å². The highest BCUT2D eigenvalue weighted by Gasteiger charge is 2.07. The Morgan fingerprint density at radius 3 is 2.71 bits per heavy atom. The molecule has 3 rings (SSSR count). The van der Waals surface area contributed by atoms with Gasteiger partial charge in [-0.2, -0.15) is 5.10 Å². The maximum absolute atomic E-state index is 12.2. The molecule has 0 aliphatic rings. The van der Waals surface area contributed by atoms with Crippen molar-refractivity contribution in [3.63, 3.8) is 0 Å². The molecule has 3 aromatic rings. The van der Waals surface area contributed by atoms with Gasteiger partial charge in [-0.05, 0) is 42.8 Å². The molecule has 1 heterocycles. The summed E-state index contributed by atoms with van der Waals surface area (Å²) in [6.45, 7) is 3.29. The van der Waals surface area contributed by atoms with Crippen LogP contribution in [0.2, 0.25) is 0 Å². The number of nitrogens with zero attached hydrogens (tertiary/aromatic N) is 2. The highest BCUT2D eigenvalue weighted by Crippen LogP contribution is 2.23. The van der Waals surface area contributed by atoms with Crippen LogP contribution in [0.15, 0.2) is 73.1 Å². The molecule has 7 heteroatoms. The lowest BCUT2D eigenvalue weighted by Gasteiger charge is -2.12. The van der Waals surface area contributed by atoms with Crippen molar-refractivity contribution in [2.24, 2.45) is 0 Å². The number of hydrogen-bond acceptors (Lipinski definition) is 5. The monoisotopic (exact) mass is 419 g/mol. The third kappa shape index (κ3) is 6.85. The number of carbonyl (C=O) groups is 2. The molecule has 2 aromatic carbocycles. The molecule has 0 bridgehead atoms. The van der Waals surface area contributed by atoms with E-state index in [0.717, 1.165) is 11.1 Å². The Morgan fingerprint density at radius 1 is 1.13 bits per heavy atom. The second kappa shape index (κ2) is 11.3. The first-order valence-electron chi connectivity index (χ1n) is 10.1. The molecule has 0 aliphatic heterocycles. The molecule has 160 valence electrons. The van der Waals surface area contributed by atoms with Crippen LogP contribution in [0, 0.1) is 0 Å². The third-order valence-corrected chi connectivity index (χ3v) is 4.35. The molecule has 0 saturated heterocycles. The molecule has 1 N–H and O–H groups in total. The van der Waals surface area contributed by atoms with Gasteiger partial charge in [-0.25, -0.2) is 4.79 Å². The minimum absolute atomic E-state index is 0.154. The zero-order chi connectivity index (χ0) is 21.9. The number of ether oxygens (including phenoxy) is 2. The fourth-order valence-corrected chi connectivity index (χ4v) is 2.89. The molecule has 0 unspecified atom stereocenters. The molecule has 1 amide bonds. The SMILES string of the molecule is CCOC(=O)C=Cc1ccc(Cn2cccn2)cc1OCCNC(=O)c1ccccc1. The van der Waals surface area contributed by atoms with Gasteiger partial charge >= 0.3 is 5.97 Å². The minimum Gasteiger partial charge on any atom is -0.491 e. The topological polar surface area (TPSA) is 82.5 Å². The van der Waals surface area contributed by atoms with Crippen LogP contribution in [-0.2, 0) is 16.1 Å². The van der Waals surface area contributed by atoms with Crippen molar-refractivity contribution < 1.29 is 19.1 Å². The summed E-state index contributed by atoms with van der Waals surface area (Å²) >= 11 is 0. The number of carbonyl (C=O) groups excluding carboxylic acids is 2. The molecule has 31 heavy (non-hydrogen) atoms. The molecule has 0 radical (unpaired) electrons. The van der Waals surface area contributed by atoms with Crippen LogP contribution in [0.4, 0.5) is 0 Å². The van der Waals surface area contributed by atoms with E-state index in [1.54, 1.807) is 31.3 Å². The van der Waals surface area contributed by atoms with Gasteiger partial charge in [-0.15, -0.1) is 0 Å². The molecule has 0 saturated carbocycles. The highest BCUT2D eigenvalue weighted by molar-refractivity contribution is 5.94. The second-order valence-corrected chi connectivity index (χ2v) is 6.63. The molecular weight excluding hydrogens is 394 g/mol. The normalized spacial score (nSPS) is 10.7. The maximum Gasteiger partial charge on any atom is 0.330 e. The van der Waals surface area contributed by atoms with Gasteiger partial charge in [-0.1, -0.05) is 30.3 Å². The van der Waals surface area contributed by atoms with Gasteiger partial charge in [0, 0.05) is 29.6 Å². The summed E-state index contributed by atoms with van der Waals surface area (Å²) in [7, 11) is 0. The van der Waals surface area contributed by atoms with Gasteiger partial charge < -0.3 is 14.8 Å². The van der Waals surface area contributed by atoms with E-state index in [2.05, 4.69) is 10.4 Å². The van der Waals surface area contributed by atoms with Crippen molar-refractivity contribution in [1.82, 2.24) is 15.1 Å². The number of esters is 1. The first kappa shape index (κ1) is 21.8. The molecule has 1 aromatic heterocycles. The van der Waals surface area contributed by atoms with Gasteiger partial charge in [0.1, 0.15) is 12.4 Å². The lowest BCUT2D eigenvalue weighted by molar-refractivity contribution is -0.137. The lowest BCUT2D eigenvalue weighted by Crippen LogP contribution is -2.28. The Kier molecular flexibility index (Phi) is 7.99. The molecular formula is C24H25N3O4. The Labute approximate surface area is 181 Å². The van der Waals surface area contributed by atoms with Crippen LogP contribution in [0.5, 0.6) is 5.75 Å². The number of hydrogen-bond donors (Lipinski definition) is 1. The standard InChI is InChI=1S/C24H25N3O4/c1-2-30-23(28)12-11-20-10-9-19(18-27-15-6-13-26-27)17-22(20)31-16-14-25-24(29)21-7-4-3-5-8-21/h3-13,15,17H,2,14,16,18H2,1H3,(H,25,29). The van der Waals surface area contributed by atoms with Crippen LogP contribution in [-0.4, -0.2) is 41.4 Å². The van der Waals surface area contributed by atoms with Gasteiger partial charge in [0.25, 0.3) is 5.91 Å². The van der Waals surface area contributed by atoms with Crippen molar-refractivity contribution in [3.05, 3.63) is 89.8 Å². The van der Waals surface area contributed by atoms with E-state index in [9.17, 15) is 9.59 Å². The predicted octanol–water partition coefficient (Wildman–Crippen LogP) is 3.32. The van der Waals surface area contributed by atoms with Gasteiger partial charge in [0.2, 0.25) is 0 Å². The van der Waals surface area contributed by atoms with E-state index >= 15 is 0 Å². The first-order chi connectivity index (χ1) is 15.2. The van der Waals surface area contributed by atoms with Gasteiger partial charge in [0.05, 0.1) is 19.7 Å². The van der Waals surface area contributed by atoms with Crippen molar-refractivity contribution in [2.75, 3.05) is 19.8 Å². The summed E-state index contributed by atoms with van der Waals surface area (Å²) in [5.74, 6) is 0.0439. The van der Waals surface area contributed by atoms with Gasteiger partial charge in [-0.3, -0.25) is 9.48 Å². The summed E-state index contributed by atoms with van der Waals surface area (Å²) in [5.41, 5.74) is 2.34. The average Bonchev–Trinajstić information content (AvgIpc) is 3.30. The van der Waals surface area contributed by atoms with Crippen LogP contribution in [0.1, 0.15) is 28.4 Å². The van der Waals surface area contributed by atoms with Crippen LogP contribution in [0.3, 0.4) is 0 Å². The number of benzene rings is 2. The summed E-state index contributed by atoms with van der Waals surface area (Å²) in [6.07, 6.45) is 6.64. The minimum atomic E-state index is -0.413. The van der Waals surface area contributed by atoms with E-state index < -0.39 is 5.97 Å². The summed E-state index contributed by atoms with van der Waals surface area (Å²) in [6, 6.07) is 16.6. The van der Waals surface area contributed by atoms with E-state index in [4.69, 9.17) is 9.47 Å². The Morgan fingerprint density at radius 2 is 1.97 bits per heavy atom. The third-order valence-electron chi connectivity index (χ3n) is 4.35. The average molecular weight is 419 g/mol. The van der Waals surface area contributed by atoms with E-state index in [1.807, 2.05) is 53.3 Å². The molecule has 0 atom stereocenters. The van der Waals surface area contributed by atoms with E-state index in [1.165, 1.54) is 6.08 Å². The largest absolute Gasteiger partial charge is 0.491 e. The lowest BCUT2D eigenvalue weighted by atomic mass is 10.1. The summed E-state index contributed by atoms with van der Waals surface area (Å²) in [4.78, 5) is 23.8. The number of rotatable bonds is 10. The molecule has 0 fully saturated rings. The summed E-state index contributed by atoms with van der Waals surface area (Å²) in [5, 5.41) is 7.06. The highest BCUT2D eigenvalue weighted by atomic mass is 16.5. The van der Waals surface area contributed by atoms with Crippen LogP contribution >= 0.6 is 0 Å². The number of nitrogens with one attached hydrogen (secondary N) is 1. The van der Waals surface area contributed by atoms with Crippen molar-refractivity contribution in [2.45, 2.75) is 13.5 Å². The number of aromatic nitrogens is 2. The van der Waals surface area contributed by atoms with Gasteiger partial charge in [0.15, 0.2) is 0 Å². The van der Waals surface area contributed by atoms with E-state index in [0.29, 0.717) is 31.0 Å². The second-order valence-electron chi connectivity index (χ2n) is 6.63. The van der Waals surface area contributed by atoms with Crippen molar-refractivity contribution >= 4 is 18.0 Å². The Balaban J connectivity index is 1.65. The zero-order valence-corrected chi connectivity index (χ0v) is 17.4. The molecule has 0 aliphatic carbocycles. The quantitative estimate of drug-likeness (QED) is 0.310. The fraction of sp³-hybridized carbons (Fsp3) is 0.208. The number of amides is 1. The zero-order valence-electron chi connectivity index (χ0n) is 17.4. The summed E-state index contributed by atoms with van der Waals surface area (Å²) < 4.78 is 12.7. The van der Waals surface area contributed by atoms with Crippen molar-refractivity contribution in [1.29, 1.82) is 0 Å². The smallest absolute Gasteiger partial charge is 0.330 e. The van der Waals surface area contributed by atoms with Crippen LogP contribution < -0.4 is 10.1 Å². The van der Waals surface area contributed by atoms with E-state index in [-0.39, 0.29) is 12.5 Å². The van der Waals surface area contributed by atoms with Crippen molar-refractivity contribution in [3.8, 4) is 5.75 Å². The molecule has 7 nitrogen and oxygen atoms in total. The Hall–Kier alpha value is -3.87. The maximum atomic E-state index is 12.2. The Bertz CT molecular complexity index is 1010.